The molecule has 7 nitrogen and oxygen atoms in total. The van der Waals surface area contributed by atoms with Gasteiger partial charge in [0.25, 0.3) is 5.69 Å². The van der Waals surface area contributed by atoms with E-state index in [9.17, 15) is 22.9 Å². The number of nitrogen functional groups attached to an aromatic ring is 1. The van der Waals surface area contributed by atoms with Crippen molar-refractivity contribution in [3.05, 3.63) is 64.6 Å². The minimum atomic E-state index is -4.26. The number of sulfone groups is 1. The van der Waals surface area contributed by atoms with Crippen molar-refractivity contribution >= 4 is 32.1 Å². The van der Waals surface area contributed by atoms with Gasteiger partial charge in [-0.05, 0) is 42.5 Å². The number of nitro groups is 1. The van der Waals surface area contributed by atoms with Gasteiger partial charge in [0.05, 0.1) is 20.9 Å². The molecule has 0 spiro atoms. The molecule has 0 unspecified atom stereocenters. The Kier molecular flexibility index (Phi) is 3.64. The van der Waals surface area contributed by atoms with Gasteiger partial charge in [-0.15, -0.1) is 0 Å². The van der Waals surface area contributed by atoms with Crippen LogP contribution in [0, 0.1) is 15.9 Å². The van der Waals surface area contributed by atoms with E-state index in [1.165, 1.54) is 18.3 Å². The molecule has 0 aliphatic heterocycles. The normalized spacial score (nSPS) is 11.5. The van der Waals surface area contributed by atoms with Crippen LogP contribution in [0.5, 0.6) is 0 Å². The zero-order valence-electron chi connectivity index (χ0n) is 12.0. The summed E-state index contributed by atoms with van der Waals surface area (Å²) in [7, 11) is -4.26. The van der Waals surface area contributed by atoms with Gasteiger partial charge in [-0.3, -0.25) is 15.1 Å². The summed E-state index contributed by atoms with van der Waals surface area (Å²) in [6, 6.07) is 7.83. The van der Waals surface area contributed by atoms with Crippen LogP contribution in [0.1, 0.15) is 0 Å². The fourth-order valence-electron chi connectivity index (χ4n) is 2.37. The Labute approximate surface area is 135 Å². The Morgan fingerprint density at radius 1 is 1.17 bits per heavy atom. The summed E-state index contributed by atoms with van der Waals surface area (Å²) in [5.74, 6) is -0.620. The van der Waals surface area contributed by atoms with Gasteiger partial charge in [0.2, 0.25) is 9.84 Å². The predicted molar refractivity (Wildman–Crippen MR) is 84.7 cm³/mol. The first-order chi connectivity index (χ1) is 11.3. The van der Waals surface area contributed by atoms with E-state index in [-0.39, 0.29) is 21.5 Å². The van der Waals surface area contributed by atoms with Crippen molar-refractivity contribution in [1.29, 1.82) is 0 Å². The molecule has 0 bridgehead atoms. The Balaban J connectivity index is 2.39. The highest BCUT2D eigenvalue weighted by atomic mass is 32.2. The van der Waals surface area contributed by atoms with Crippen LogP contribution in [0.4, 0.5) is 15.8 Å². The third kappa shape index (κ3) is 2.44. The average Bonchev–Trinajstić information content (AvgIpc) is 2.55. The number of hydrogen-bond donors (Lipinski definition) is 1. The molecule has 0 saturated heterocycles. The molecule has 3 aromatic rings. The number of anilines is 1. The van der Waals surface area contributed by atoms with E-state index in [2.05, 4.69) is 4.98 Å². The van der Waals surface area contributed by atoms with E-state index in [1.807, 2.05) is 0 Å². The monoisotopic (exact) mass is 347 g/mol. The van der Waals surface area contributed by atoms with E-state index in [4.69, 9.17) is 5.73 Å². The van der Waals surface area contributed by atoms with Gasteiger partial charge in [-0.1, -0.05) is 0 Å². The van der Waals surface area contributed by atoms with Gasteiger partial charge >= 0.3 is 0 Å². The smallest absolute Gasteiger partial charge is 0.297 e. The molecule has 2 N–H and O–H groups in total. The number of rotatable bonds is 3. The Bertz CT molecular complexity index is 1070. The summed E-state index contributed by atoms with van der Waals surface area (Å²) in [6.45, 7) is 0. The summed E-state index contributed by atoms with van der Waals surface area (Å²) in [5.41, 5.74) is 5.34. The quantitative estimate of drug-likeness (QED) is 0.337. The van der Waals surface area contributed by atoms with E-state index < -0.39 is 31.2 Å². The van der Waals surface area contributed by atoms with Gasteiger partial charge in [-0.2, -0.15) is 0 Å². The lowest BCUT2D eigenvalue weighted by Gasteiger charge is -2.09. The molecule has 0 fully saturated rings. The molecule has 0 aliphatic rings. The van der Waals surface area contributed by atoms with Crippen LogP contribution in [0.25, 0.3) is 10.9 Å². The number of nitro benzene ring substituents is 1. The Morgan fingerprint density at radius 2 is 1.83 bits per heavy atom. The lowest BCUT2D eigenvalue weighted by atomic mass is 10.1. The molecule has 0 amide bonds. The first-order valence-corrected chi connectivity index (χ1v) is 8.13. The zero-order valence-corrected chi connectivity index (χ0v) is 12.8. The summed E-state index contributed by atoms with van der Waals surface area (Å²) in [6.07, 6.45) is 1.40. The predicted octanol–water partition coefficient (Wildman–Crippen LogP) is 2.70. The first kappa shape index (κ1) is 15.8. The first-order valence-electron chi connectivity index (χ1n) is 6.64. The van der Waals surface area contributed by atoms with Crippen molar-refractivity contribution in [3.63, 3.8) is 0 Å². The maximum atomic E-state index is 13.0. The lowest BCUT2D eigenvalue weighted by Crippen LogP contribution is -2.08. The van der Waals surface area contributed by atoms with Crippen LogP contribution in [0.3, 0.4) is 0 Å². The molecule has 1 heterocycles. The standard InChI is InChI=1S/C15H10FN3O4S/c16-9-3-5-10(6-4-9)24(22,23)13-8-12(17)14-11(2-1-7-18-14)15(13)19(20)21/h1-8H,17H2. The van der Waals surface area contributed by atoms with Gasteiger partial charge in [0, 0.05) is 6.20 Å². The van der Waals surface area contributed by atoms with Crippen molar-refractivity contribution in [2.45, 2.75) is 9.79 Å². The number of benzene rings is 2. The molecule has 0 saturated carbocycles. The summed E-state index contributed by atoms with van der Waals surface area (Å²) in [4.78, 5) is 13.8. The van der Waals surface area contributed by atoms with Gasteiger partial charge in [0.15, 0.2) is 4.90 Å². The number of aromatic nitrogens is 1. The average molecular weight is 347 g/mol. The number of halogens is 1. The molecular weight excluding hydrogens is 337 g/mol. The molecule has 2 aromatic carbocycles. The second-order valence-corrected chi connectivity index (χ2v) is 6.84. The molecule has 122 valence electrons. The molecule has 24 heavy (non-hydrogen) atoms. The third-order valence-electron chi connectivity index (χ3n) is 3.45. The minimum absolute atomic E-state index is 0.00288. The number of pyridine rings is 1. The molecule has 9 heteroatoms. The van der Waals surface area contributed by atoms with E-state index in [0.29, 0.717) is 0 Å². The summed E-state index contributed by atoms with van der Waals surface area (Å²) < 4.78 is 38.6. The van der Waals surface area contributed by atoms with Crippen molar-refractivity contribution in [2.75, 3.05) is 5.73 Å². The number of nitrogens with two attached hydrogens (primary N) is 1. The highest BCUT2D eigenvalue weighted by Gasteiger charge is 2.31. The lowest BCUT2D eigenvalue weighted by molar-refractivity contribution is -0.386. The Hall–Kier alpha value is -3.07. The van der Waals surface area contributed by atoms with Crippen molar-refractivity contribution in [2.24, 2.45) is 0 Å². The fourth-order valence-corrected chi connectivity index (χ4v) is 3.84. The summed E-state index contributed by atoms with van der Waals surface area (Å²) in [5, 5.41) is 11.5. The Morgan fingerprint density at radius 3 is 2.46 bits per heavy atom. The molecule has 1 aromatic heterocycles. The maximum absolute atomic E-state index is 13.0. The van der Waals surface area contributed by atoms with Crippen LogP contribution < -0.4 is 5.73 Å². The van der Waals surface area contributed by atoms with E-state index in [1.54, 1.807) is 0 Å². The molecule has 0 atom stereocenters. The van der Waals surface area contributed by atoms with Crippen LogP contribution in [-0.2, 0) is 9.84 Å². The van der Waals surface area contributed by atoms with Gasteiger partial charge < -0.3 is 5.73 Å². The minimum Gasteiger partial charge on any atom is -0.397 e. The summed E-state index contributed by atoms with van der Waals surface area (Å²) >= 11 is 0. The number of fused-ring (bicyclic) bond motifs is 1. The van der Waals surface area contributed by atoms with Crippen LogP contribution in [0.15, 0.2) is 58.5 Å². The number of hydrogen-bond acceptors (Lipinski definition) is 6. The van der Waals surface area contributed by atoms with Gasteiger partial charge in [-0.25, -0.2) is 12.8 Å². The number of nitrogens with zero attached hydrogens (tertiary/aromatic N) is 2. The zero-order chi connectivity index (χ0) is 17.5. The van der Waals surface area contributed by atoms with Crippen LogP contribution in [0.2, 0.25) is 0 Å². The molecule has 3 rings (SSSR count). The van der Waals surface area contributed by atoms with E-state index in [0.717, 1.165) is 30.3 Å². The molecule has 0 aliphatic carbocycles. The topological polar surface area (TPSA) is 116 Å². The van der Waals surface area contributed by atoms with Gasteiger partial charge in [0.1, 0.15) is 11.3 Å². The fraction of sp³-hybridized carbons (Fsp3) is 0. The maximum Gasteiger partial charge on any atom is 0.297 e. The molecular formula is C15H10FN3O4S. The molecule has 0 radical (unpaired) electrons. The van der Waals surface area contributed by atoms with Crippen molar-refractivity contribution in [1.82, 2.24) is 4.98 Å². The van der Waals surface area contributed by atoms with Crippen LogP contribution in [-0.4, -0.2) is 18.3 Å². The van der Waals surface area contributed by atoms with E-state index >= 15 is 0 Å². The van der Waals surface area contributed by atoms with Crippen molar-refractivity contribution < 1.29 is 17.7 Å². The van der Waals surface area contributed by atoms with Crippen LogP contribution >= 0.6 is 0 Å². The highest BCUT2D eigenvalue weighted by molar-refractivity contribution is 7.91. The largest absolute Gasteiger partial charge is 0.397 e. The second kappa shape index (κ2) is 5.53. The second-order valence-electron chi connectivity index (χ2n) is 4.93. The van der Waals surface area contributed by atoms with Crippen molar-refractivity contribution in [3.8, 4) is 0 Å². The highest BCUT2D eigenvalue weighted by Crippen LogP contribution is 2.37. The SMILES string of the molecule is Nc1cc(S(=O)(=O)c2ccc(F)cc2)c([N+](=O)[O-])c2cccnc12. The third-order valence-corrected chi connectivity index (χ3v) is 5.24.